The molecule has 0 aromatic heterocycles. The molecule has 1 atom stereocenters. The highest BCUT2D eigenvalue weighted by atomic mass is 16.6. The van der Waals surface area contributed by atoms with Crippen LogP contribution in [0.15, 0.2) is 0 Å². The maximum atomic E-state index is 11.8. The van der Waals surface area contributed by atoms with Crippen LogP contribution in [0.3, 0.4) is 0 Å². The Hall–Kier alpha value is -2.16. The first-order valence-electron chi connectivity index (χ1n) is 7.73. The molecule has 0 aromatic carbocycles. The molecule has 1 aliphatic heterocycles. The van der Waals surface area contributed by atoms with Crippen LogP contribution in [0.4, 0.5) is 0 Å². The van der Waals surface area contributed by atoms with Crippen molar-refractivity contribution >= 4 is 23.9 Å². The Kier molecular flexibility index (Phi) is 8.77. The van der Waals surface area contributed by atoms with Crippen LogP contribution < -0.4 is 0 Å². The highest BCUT2D eigenvalue weighted by molar-refractivity contribution is 5.80. The Morgan fingerprint density at radius 1 is 1.08 bits per heavy atom. The van der Waals surface area contributed by atoms with Crippen molar-refractivity contribution in [3.63, 3.8) is 0 Å². The number of esters is 4. The minimum absolute atomic E-state index is 0.0594. The van der Waals surface area contributed by atoms with Crippen molar-refractivity contribution in [1.82, 2.24) is 4.90 Å². The summed E-state index contributed by atoms with van der Waals surface area (Å²) < 4.78 is 19.5. The summed E-state index contributed by atoms with van der Waals surface area (Å²) in [7, 11) is 0. The van der Waals surface area contributed by atoms with Crippen LogP contribution in [0.5, 0.6) is 0 Å². The van der Waals surface area contributed by atoms with E-state index in [0.29, 0.717) is 26.1 Å². The zero-order chi connectivity index (χ0) is 17.9. The number of carbonyl (C=O) groups excluding carboxylic acids is 4. The number of cyclic esters (lactones) is 1. The molecule has 136 valence electrons. The van der Waals surface area contributed by atoms with Gasteiger partial charge in [-0.05, 0) is 0 Å². The van der Waals surface area contributed by atoms with Crippen LogP contribution in [0.1, 0.15) is 26.7 Å². The summed E-state index contributed by atoms with van der Waals surface area (Å²) in [5.74, 6) is -1.82. The number of carbonyl (C=O) groups is 4. The van der Waals surface area contributed by atoms with Gasteiger partial charge >= 0.3 is 23.9 Å². The second-order valence-corrected chi connectivity index (χ2v) is 5.21. The zero-order valence-corrected chi connectivity index (χ0v) is 13.9. The van der Waals surface area contributed by atoms with Crippen molar-refractivity contribution in [3.05, 3.63) is 0 Å². The molecule has 1 unspecified atom stereocenters. The predicted molar refractivity (Wildman–Crippen MR) is 79.8 cm³/mol. The summed E-state index contributed by atoms with van der Waals surface area (Å²) in [6, 6.07) is 0. The monoisotopic (exact) mass is 345 g/mol. The largest absolute Gasteiger partial charge is 0.465 e. The Morgan fingerprint density at radius 2 is 1.67 bits per heavy atom. The van der Waals surface area contributed by atoms with E-state index in [2.05, 4.69) is 0 Å². The molecule has 1 fully saturated rings. The van der Waals surface area contributed by atoms with E-state index in [4.69, 9.17) is 18.9 Å². The first kappa shape index (κ1) is 19.9. The fourth-order valence-corrected chi connectivity index (χ4v) is 2.02. The molecule has 0 radical (unpaired) electrons. The van der Waals surface area contributed by atoms with Crippen molar-refractivity contribution in [3.8, 4) is 0 Å². The second-order valence-electron chi connectivity index (χ2n) is 5.21. The maximum absolute atomic E-state index is 11.8. The smallest absolute Gasteiger partial charge is 0.347 e. The van der Waals surface area contributed by atoms with Gasteiger partial charge in [0.05, 0.1) is 13.0 Å². The van der Waals surface area contributed by atoms with Crippen molar-refractivity contribution in [2.75, 3.05) is 39.5 Å². The van der Waals surface area contributed by atoms with E-state index in [9.17, 15) is 19.2 Å². The highest BCUT2D eigenvalue weighted by Gasteiger charge is 2.30. The third-order valence-electron chi connectivity index (χ3n) is 3.22. The van der Waals surface area contributed by atoms with E-state index in [1.807, 2.05) is 0 Å². The van der Waals surface area contributed by atoms with Crippen LogP contribution in [-0.4, -0.2) is 74.3 Å². The summed E-state index contributed by atoms with van der Waals surface area (Å²) >= 11 is 0. The van der Waals surface area contributed by atoms with Crippen molar-refractivity contribution < 1.29 is 38.1 Å². The average molecular weight is 345 g/mol. The fraction of sp³-hybridized carbons (Fsp3) is 0.733. The molecule has 1 saturated heterocycles. The minimum atomic E-state index is -0.826. The summed E-state index contributed by atoms with van der Waals surface area (Å²) in [6.45, 7) is 4.30. The zero-order valence-electron chi connectivity index (χ0n) is 13.9. The number of rotatable bonds is 10. The highest BCUT2D eigenvalue weighted by Crippen LogP contribution is 2.11. The topological polar surface area (TPSA) is 108 Å². The Bertz CT molecular complexity index is 444. The van der Waals surface area contributed by atoms with Gasteiger partial charge in [-0.3, -0.25) is 19.3 Å². The standard InChI is InChI=1S/C15H23NO8/c1-11(17)21-9-6-16(7-10-22-12(2)18)5-3-14(19)24-13-4-8-23-15(13)20/h13H,3-10H2,1-2H3. The Labute approximate surface area is 140 Å². The van der Waals surface area contributed by atoms with Gasteiger partial charge in [0, 0.05) is 39.9 Å². The molecule has 9 heteroatoms. The molecular weight excluding hydrogens is 322 g/mol. The third kappa shape index (κ3) is 8.47. The van der Waals surface area contributed by atoms with E-state index in [1.54, 1.807) is 4.90 Å². The van der Waals surface area contributed by atoms with Gasteiger partial charge in [-0.1, -0.05) is 0 Å². The maximum Gasteiger partial charge on any atom is 0.347 e. The van der Waals surface area contributed by atoms with E-state index in [1.165, 1.54) is 13.8 Å². The quantitative estimate of drug-likeness (QED) is 0.388. The van der Waals surface area contributed by atoms with Gasteiger partial charge in [-0.25, -0.2) is 4.79 Å². The average Bonchev–Trinajstić information content (AvgIpc) is 2.88. The Balaban J connectivity index is 2.34. The van der Waals surface area contributed by atoms with E-state index >= 15 is 0 Å². The molecule has 0 aromatic rings. The molecule has 0 saturated carbocycles. The summed E-state index contributed by atoms with van der Waals surface area (Å²) in [6.07, 6.45) is -0.398. The Morgan fingerprint density at radius 3 is 2.12 bits per heavy atom. The lowest BCUT2D eigenvalue weighted by molar-refractivity contribution is -0.160. The number of hydrogen-bond acceptors (Lipinski definition) is 9. The van der Waals surface area contributed by atoms with Crippen molar-refractivity contribution in [2.24, 2.45) is 0 Å². The van der Waals surface area contributed by atoms with E-state index in [-0.39, 0.29) is 26.2 Å². The molecule has 0 amide bonds. The van der Waals surface area contributed by atoms with Gasteiger partial charge in [0.25, 0.3) is 0 Å². The summed E-state index contributed by atoms with van der Waals surface area (Å²) in [5.41, 5.74) is 0. The van der Waals surface area contributed by atoms with Crippen LogP contribution in [0.25, 0.3) is 0 Å². The first-order chi connectivity index (χ1) is 11.4. The lowest BCUT2D eigenvalue weighted by atomic mass is 10.3. The van der Waals surface area contributed by atoms with Crippen LogP contribution in [0.2, 0.25) is 0 Å². The van der Waals surface area contributed by atoms with E-state index < -0.39 is 30.0 Å². The minimum Gasteiger partial charge on any atom is -0.465 e. The third-order valence-corrected chi connectivity index (χ3v) is 3.22. The number of hydrogen-bond donors (Lipinski definition) is 0. The van der Waals surface area contributed by atoms with Crippen LogP contribution in [0, 0.1) is 0 Å². The van der Waals surface area contributed by atoms with Gasteiger partial charge in [0.15, 0.2) is 0 Å². The molecule has 24 heavy (non-hydrogen) atoms. The molecule has 1 rings (SSSR count). The van der Waals surface area contributed by atoms with Gasteiger partial charge < -0.3 is 18.9 Å². The lowest BCUT2D eigenvalue weighted by Gasteiger charge is -2.21. The lowest BCUT2D eigenvalue weighted by Crippen LogP contribution is -2.34. The molecule has 9 nitrogen and oxygen atoms in total. The van der Waals surface area contributed by atoms with Crippen molar-refractivity contribution in [1.29, 1.82) is 0 Å². The van der Waals surface area contributed by atoms with Gasteiger partial charge in [-0.15, -0.1) is 0 Å². The van der Waals surface area contributed by atoms with Gasteiger partial charge in [0.2, 0.25) is 6.10 Å². The summed E-state index contributed by atoms with van der Waals surface area (Å²) in [4.78, 5) is 46.4. The van der Waals surface area contributed by atoms with Crippen LogP contribution >= 0.6 is 0 Å². The number of ether oxygens (including phenoxy) is 4. The normalized spacial score (nSPS) is 16.6. The molecule has 0 spiro atoms. The second kappa shape index (κ2) is 10.6. The molecule has 1 heterocycles. The molecular formula is C15H23NO8. The van der Waals surface area contributed by atoms with Crippen LogP contribution in [-0.2, 0) is 38.1 Å². The molecule has 0 N–H and O–H groups in total. The van der Waals surface area contributed by atoms with Crippen molar-refractivity contribution in [2.45, 2.75) is 32.8 Å². The molecule has 0 aliphatic carbocycles. The van der Waals surface area contributed by atoms with Gasteiger partial charge in [0.1, 0.15) is 13.2 Å². The van der Waals surface area contributed by atoms with Gasteiger partial charge in [-0.2, -0.15) is 0 Å². The van der Waals surface area contributed by atoms with E-state index in [0.717, 1.165) is 0 Å². The molecule has 0 bridgehead atoms. The predicted octanol–water partition coefficient (Wildman–Crippen LogP) is -0.337. The first-order valence-corrected chi connectivity index (χ1v) is 7.73. The SMILES string of the molecule is CC(=O)OCCN(CCOC(C)=O)CCC(=O)OC1CCOC1=O. The number of nitrogens with zero attached hydrogens (tertiary/aromatic N) is 1. The molecule has 1 aliphatic rings. The fourth-order valence-electron chi connectivity index (χ4n) is 2.02. The summed E-state index contributed by atoms with van der Waals surface area (Å²) in [5, 5.41) is 0.